The van der Waals surface area contributed by atoms with Crippen LogP contribution in [0.4, 0.5) is 0 Å². The average Bonchev–Trinajstić information content (AvgIpc) is 2.73. The third kappa shape index (κ3) is 5.35. The van der Waals surface area contributed by atoms with E-state index in [1.165, 1.54) is 24.8 Å². The number of fused-ring (bicyclic) bond motifs is 1. The fraction of sp³-hybridized carbons (Fsp3) is 0.800. The monoisotopic (exact) mass is 420 g/mol. The van der Waals surface area contributed by atoms with Crippen molar-refractivity contribution in [2.45, 2.75) is 102 Å². The van der Waals surface area contributed by atoms with Crippen LogP contribution >= 0.6 is 0 Å². The Morgan fingerprint density at radius 1 is 1.27 bits per heavy atom. The molecular weight excluding hydrogens is 380 g/mol. The molecule has 0 aliphatic heterocycles. The quantitative estimate of drug-likeness (QED) is 0.355. The molecule has 30 heavy (non-hydrogen) atoms. The summed E-state index contributed by atoms with van der Waals surface area (Å²) in [5.41, 5.74) is 0.848. The number of hydrogen-bond donors (Lipinski definition) is 3. The summed E-state index contributed by atoms with van der Waals surface area (Å²) in [4.78, 5) is 10.9. The van der Waals surface area contributed by atoms with Gasteiger partial charge in [0.15, 0.2) is 0 Å². The van der Waals surface area contributed by atoms with E-state index in [1.54, 1.807) is 0 Å². The highest BCUT2D eigenvalue weighted by Gasteiger charge is 2.58. The molecule has 5 nitrogen and oxygen atoms in total. The summed E-state index contributed by atoms with van der Waals surface area (Å²) < 4.78 is 6.46. The van der Waals surface area contributed by atoms with Crippen molar-refractivity contribution in [3.8, 4) is 0 Å². The smallest absolute Gasteiger partial charge is 0.303 e. The molecule has 3 N–H and O–H groups in total. The van der Waals surface area contributed by atoms with Crippen LogP contribution in [-0.4, -0.2) is 45.7 Å². The molecule has 170 valence electrons. The molecule has 3 aliphatic rings. The second-order valence-electron chi connectivity index (χ2n) is 9.52. The van der Waals surface area contributed by atoms with E-state index in [-0.39, 0.29) is 23.9 Å². The molecule has 0 spiro atoms. The lowest BCUT2D eigenvalue weighted by atomic mass is 9.53. The first-order chi connectivity index (χ1) is 14.5. The average molecular weight is 421 g/mol. The minimum Gasteiger partial charge on any atom is -0.481 e. The van der Waals surface area contributed by atoms with Gasteiger partial charge < -0.3 is 20.1 Å². The number of carbonyl (C=O) groups is 1. The third-order valence-electron chi connectivity index (χ3n) is 7.57. The van der Waals surface area contributed by atoms with Gasteiger partial charge in [-0.1, -0.05) is 50.8 Å². The van der Waals surface area contributed by atoms with Crippen molar-refractivity contribution in [1.29, 1.82) is 0 Å². The van der Waals surface area contributed by atoms with Gasteiger partial charge in [0.25, 0.3) is 0 Å². The summed E-state index contributed by atoms with van der Waals surface area (Å²) in [6.07, 6.45) is 16.1. The predicted molar refractivity (Wildman–Crippen MR) is 117 cm³/mol. The van der Waals surface area contributed by atoms with Gasteiger partial charge >= 0.3 is 5.97 Å². The Kier molecular flexibility index (Phi) is 8.55. The lowest BCUT2D eigenvalue weighted by molar-refractivity contribution is -0.158. The Hall–Kier alpha value is -1.17. The summed E-state index contributed by atoms with van der Waals surface area (Å²) in [5.74, 6) is -0.256. The van der Waals surface area contributed by atoms with Gasteiger partial charge in [0.1, 0.15) is 0 Å². The Morgan fingerprint density at radius 3 is 2.73 bits per heavy atom. The number of aliphatic hydroxyl groups excluding tert-OH is 2. The maximum absolute atomic E-state index is 10.9. The van der Waals surface area contributed by atoms with Crippen LogP contribution in [0.3, 0.4) is 0 Å². The van der Waals surface area contributed by atoms with E-state index in [9.17, 15) is 15.0 Å². The minimum absolute atomic E-state index is 0.0183. The summed E-state index contributed by atoms with van der Waals surface area (Å²) in [6, 6.07) is 0. The zero-order valence-corrected chi connectivity index (χ0v) is 18.5. The van der Waals surface area contributed by atoms with E-state index in [2.05, 4.69) is 19.1 Å². The SMILES string of the molecule is CCCCO[C@@]12CC[C@H](O)[C@@H](C=CC(O)C3CCCCC3)[C@@H]1CC2=CCCC(=O)O. The van der Waals surface area contributed by atoms with Crippen LogP contribution in [0.2, 0.25) is 0 Å². The first-order valence-electron chi connectivity index (χ1n) is 12.1. The number of carboxylic acids is 1. The standard InChI is InChI=1S/C25H40O5/c1-2-3-16-30-25-15-14-23(27)20(12-13-22(26)18-8-5-4-6-9-18)21(25)17-19(25)10-7-11-24(28)29/h10,12-13,18,20-23,26-27H,2-9,11,14-17H2,1H3,(H,28,29)/t20-,21-,22?,23-,25+/m0/s1. The Labute approximate surface area is 181 Å². The van der Waals surface area contributed by atoms with Gasteiger partial charge in [-0.05, 0) is 56.4 Å². The van der Waals surface area contributed by atoms with Gasteiger partial charge in [0.2, 0.25) is 0 Å². The molecule has 0 amide bonds. The van der Waals surface area contributed by atoms with E-state index in [0.717, 1.165) is 38.5 Å². The molecule has 5 heteroatoms. The molecule has 0 heterocycles. The fourth-order valence-electron chi connectivity index (χ4n) is 5.73. The Balaban J connectivity index is 1.71. The minimum atomic E-state index is -0.778. The van der Waals surface area contributed by atoms with Crippen molar-refractivity contribution < 1.29 is 24.9 Å². The summed E-state index contributed by atoms with van der Waals surface area (Å²) in [6.45, 7) is 2.84. The number of carboxylic acid groups (broad SMARTS) is 1. The molecule has 0 saturated heterocycles. The van der Waals surface area contributed by atoms with Crippen molar-refractivity contribution in [2.75, 3.05) is 6.61 Å². The summed E-state index contributed by atoms with van der Waals surface area (Å²) in [5, 5.41) is 30.4. The molecule has 0 aromatic carbocycles. The van der Waals surface area contributed by atoms with E-state index in [4.69, 9.17) is 9.84 Å². The topological polar surface area (TPSA) is 87.0 Å². The predicted octanol–water partition coefficient (Wildman–Crippen LogP) is 4.62. The first kappa shape index (κ1) is 23.5. The normalized spacial score (nSPS) is 34.6. The number of unbranched alkanes of at least 4 members (excludes halogenated alkanes) is 1. The lowest BCUT2D eigenvalue weighted by Crippen LogP contribution is -2.60. The zero-order valence-electron chi connectivity index (χ0n) is 18.5. The van der Waals surface area contributed by atoms with E-state index in [1.807, 2.05) is 6.08 Å². The van der Waals surface area contributed by atoms with Gasteiger partial charge in [0.05, 0.1) is 17.8 Å². The van der Waals surface area contributed by atoms with Crippen molar-refractivity contribution in [2.24, 2.45) is 17.8 Å². The maximum Gasteiger partial charge on any atom is 0.303 e. The maximum atomic E-state index is 10.9. The number of ether oxygens (including phenoxy) is 1. The van der Waals surface area contributed by atoms with E-state index >= 15 is 0 Å². The van der Waals surface area contributed by atoms with Crippen LogP contribution in [0.15, 0.2) is 23.8 Å². The Bertz CT molecular complexity index is 621. The van der Waals surface area contributed by atoms with Crippen LogP contribution in [-0.2, 0) is 9.53 Å². The highest BCUT2D eigenvalue weighted by molar-refractivity contribution is 5.66. The molecular formula is C25H40O5. The van der Waals surface area contributed by atoms with Crippen LogP contribution in [0.1, 0.15) is 84.0 Å². The fourth-order valence-corrected chi connectivity index (χ4v) is 5.73. The van der Waals surface area contributed by atoms with Gasteiger partial charge in [-0.25, -0.2) is 0 Å². The number of aliphatic carboxylic acids is 1. The second kappa shape index (κ2) is 10.9. The molecule has 3 rings (SSSR count). The van der Waals surface area contributed by atoms with Crippen molar-refractivity contribution in [3.63, 3.8) is 0 Å². The van der Waals surface area contributed by atoms with Gasteiger partial charge in [0, 0.05) is 24.9 Å². The van der Waals surface area contributed by atoms with Crippen molar-refractivity contribution in [1.82, 2.24) is 0 Å². The molecule has 1 unspecified atom stereocenters. The van der Waals surface area contributed by atoms with Gasteiger partial charge in [-0.3, -0.25) is 4.79 Å². The summed E-state index contributed by atoms with van der Waals surface area (Å²) >= 11 is 0. The van der Waals surface area contributed by atoms with Gasteiger partial charge in [-0.15, -0.1) is 0 Å². The molecule has 0 aromatic heterocycles. The molecule has 0 aromatic rings. The highest BCUT2D eigenvalue weighted by atomic mass is 16.5. The molecule has 0 bridgehead atoms. The van der Waals surface area contributed by atoms with E-state index in [0.29, 0.717) is 25.4 Å². The summed E-state index contributed by atoms with van der Waals surface area (Å²) in [7, 11) is 0. The van der Waals surface area contributed by atoms with E-state index < -0.39 is 18.2 Å². The number of rotatable bonds is 10. The molecule has 5 atom stereocenters. The van der Waals surface area contributed by atoms with Crippen LogP contribution in [0.25, 0.3) is 0 Å². The second-order valence-corrected chi connectivity index (χ2v) is 9.52. The number of aliphatic hydroxyl groups is 2. The lowest BCUT2D eigenvalue weighted by Gasteiger charge is -2.58. The first-order valence-corrected chi connectivity index (χ1v) is 12.1. The Morgan fingerprint density at radius 2 is 2.03 bits per heavy atom. The molecule has 3 aliphatic carbocycles. The molecule has 3 saturated carbocycles. The van der Waals surface area contributed by atoms with Crippen molar-refractivity contribution in [3.05, 3.63) is 23.8 Å². The highest BCUT2D eigenvalue weighted by Crippen LogP contribution is 2.57. The van der Waals surface area contributed by atoms with Gasteiger partial charge in [-0.2, -0.15) is 0 Å². The third-order valence-corrected chi connectivity index (χ3v) is 7.57. The number of allylic oxidation sites excluding steroid dienone is 1. The van der Waals surface area contributed by atoms with Crippen LogP contribution < -0.4 is 0 Å². The van der Waals surface area contributed by atoms with Crippen molar-refractivity contribution >= 4 is 5.97 Å². The zero-order chi connectivity index (χ0) is 21.6. The van der Waals surface area contributed by atoms with Crippen LogP contribution in [0.5, 0.6) is 0 Å². The number of hydrogen-bond acceptors (Lipinski definition) is 4. The molecule has 3 fully saturated rings. The molecule has 0 radical (unpaired) electrons. The van der Waals surface area contributed by atoms with Crippen LogP contribution in [0, 0.1) is 17.8 Å². The largest absolute Gasteiger partial charge is 0.481 e.